The van der Waals surface area contributed by atoms with Crippen molar-refractivity contribution in [1.29, 1.82) is 0 Å². The molecule has 2 rings (SSSR count). The zero-order valence-corrected chi connectivity index (χ0v) is 13.1. The van der Waals surface area contributed by atoms with E-state index in [-0.39, 0.29) is 12.1 Å². The van der Waals surface area contributed by atoms with Gasteiger partial charge in [0, 0.05) is 23.0 Å². The van der Waals surface area contributed by atoms with Crippen LogP contribution in [0.25, 0.3) is 0 Å². The third-order valence-corrected chi connectivity index (χ3v) is 4.28. The maximum absolute atomic E-state index is 11.9. The summed E-state index contributed by atoms with van der Waals surface area (Å²) in [5, 5.41) is 8.51. The van der Waals surface area contributed by atoms with Crippen LogP contribution in [-0.4, -0.2) is 12.1 Å². The van der Waals surface area contributed by atoms with Crippen LogP contribution in [0.4, 0.5) is 10.5 Å². The van der Waals surface area contributed by atoms with Gasteiger partial charge in [0.05, 0.1) is 10.0 Å². The summed E-state index contributed by atoms with van der Waals surface area (Å²) in [5.41, 5.74) is 0.611. The Morgan fingerprint density at radius 3 is 2.75 bits per heavy atom. The average molecular weight is 329 g/mol. The lowest BCUT2D eigenvalue weighted by atomic mass is 10.2. The maximum Gasteiger partial charge on any atom is 0.319 e. The van der Waals surface area contributed by atoms with Crippen LogP contribution in [-0.2, 0) is 6.42 Å². The van der Waals surface area contributed by atoms with Crippen molar-refractivity contribution in [2.75, 3.05) is 5.32 Å². The van der Waals surface area contributed by atoms with Crippen molar-refractivity contribution in [1.82, 2.24) is 5.32 Å². The van der Waals surface area contributed by atoms with Crippen LogP contribution in [0.2, 0.25) is 10.0 Å². The zero-order chi connectivity index (χ0) is 14.5. The van der Waals surface area contributed by atoms with E-state index in [2.05, 4.69) is 16.7 Å². The van der Waals surface area contributed by atoms with Crippen molar-refractivity contribution in [3.63, 3.8) is 0 Å². The molecular formula is C14H14Cl2N2OS. The maximum atomic E-state index is 11.9. The number of benzene rings is 1. The quantitative estimate of drug-likeness (QED) is 0.830. The third kappa shape index (κ3) is 4.40. The molecule has 0 aliphatic heterocycles. The summed E-state index contributed by atoms with van der Waals surface area (Å²) < 4.78 is 0. The molecule has 0 saturated heterocycles. The Morgan fingerprint density at radius 1 is 1.30 bits per heavy atom. The van der Waals surface area contributed by atoms with E-state index in [9.17, 15) is 4.79 Å². The second-order valence-corrected chi connectivity index (χ2v) is 6.26. The van der Waals surface area contributed by atoms with E-state index in [1.807, 2.05) is 18.4 Å². The first-order valence-electron chi connectivity index (χ1n) is 6.09. The van der Waals surface area contributed by atoms with Gasteiger partial charge in [-0.15, -0.1) is 11.3 Å². The highest BCUT2D eigenvalue weighted by Crippen LogP contribution is 2.24. The topological polar surface area (TPSA) is 41.1 Å². The number of thiophene rings is 1. The molecule has 1 atom stereocenters. The fourth-order valence-corrected chi connectivity index (χ4v) is 2.88. The number of hydrogen-bond acceptors (Lipinski definition) is 2. The number of hydrogen-bond donors (Lipinski definition) is 2. The molecule has 0 aliphatic rings. The number of rotatable bonds is 4. The van der Waals surface area contributed by atoms with Crippen LogP contribution in [0.1, 0.15) is 11.8 Å². The van der Waals surface area contributed by atoms with Gasteiger partial charge in [-0.3, -0.25) is 0 Å². The number of nitrogens with one attached hydrogen (secondary N) is 2. The number of carbonyl (C=O) groups is 1. The lowest BCUT2D eigenvalue weighted by molar-refractivity contribution is 0.249. The molecule has 1 heterocycles. The minimum absolute atomic E-state index is 0.0522. The van der Waals surface area contributed by atoms with Crippen LogP contribution in [0.15, 0.2) is 35.7 Å². The van der Waals surface area contributed by atoms with Crippen LogP contribution >= 0.6 is 34.5 Å². The van der Waals surface area contributed by atoms with Crippen molar-refractivity contribution in [2.45, 2.75) is 19.4 Å². The third-order valence-electron chi connectivity index (χ3n) is 2.64. The Labute approximate surface area is 131 Å². The van der Waals surface area contributed by atoms with E-state index in [4.69, 9.17) is 23.2 Å². The normalized spacial score (nSPS) is 11.9. The number of carbonyl (C=O) groups excluding carboxylic acids is 1. The first-order valence-corrected chi connectivity index (χ1v) is 7.73. The van der Waals surface area contributed by atoms with Gasteiger partial charge in [0.15, 0.2) is 0 Å². The Bertz CT molecular complexity index is 587. The summed E-state index contributed by atoms with van der Waals surface area (Å²) in [6.45, 7) is 1.97. The number of halogens is 2. The van der Waals surface area contributed by atoms with E-state index in [0.717, 1.165) is 6.42 Å². The first-order chi connectivity index (χ1) is 9.54. The highest BCUT2D eigenvalue weighted by Gasteiger charge is 2.09. The number of amides is 2. The van der Waals surface area contributed by atoms with E-state index >= 15 is 0 Å². The Balaban J connectivity index is 1.87. The van der Waals surface area contributed by atoms with Gasteiger partial charge < -0.3 is 10.6 Å². The largest absolute Gasteiger partial charge is 0.335 e. The highest BCUT2D eigenvalue weighted by molar-refractivity contribution is 7.09. The average Bonchev–Trinajstić information content (AvgIpc) is 2.86. The summed E-state index contributed by atoms with van der Waals surface area (Å²) in [6.07, 6.45) is 0.812. The molecule has 0 unspecified atom stereocenters. The van der Waals surface area contributed by atoms with Gasteiger partial charge in [0.2, 0.25) is 0 Å². The number of anilines is 1. The van der Waals surface area contributed by atoms with Crippen molar-refractivity contribution in [3.05, 3.63) is 50.6 Å². The molecule has 3 nitrogen and oxygen atoms in total. The lowest BCUT2D eigenvalue weighted by Gasteiger charge is -2.14. The van der Waals surface area contributed by atoms with Crippen molar-refractivity contribution < 1.29 is 4.79 Å². The molecule has 20 heavy (non-hydrogen) atoms. The zero-order valence-electron chi connectivity index (χ0n) is 10.8. The Hall–Kier alpha value is -1.23. The predicted octanol–water partition coefficient (Wildman–Crippen LogP) is 4.81. The molecule has 0 fully saturated rings. The molecule has 1 aromatic carbocycles. The van der Waals surface area contributed by atoms with Crippen LogP contribution in [0.5, 0.6) is 0 Å². The summed E-state index contributed by atoms with van der Waals surface area (Å²) >= 11 is 13.4. The van der Waals surface area contributed by atoms with E-state index in [1.54, 1.807) is 29.5 Å². The minimum atomic E-state index is -0.257. The standard InChI is InChI=1S/C14H14Cl2N2OS/c1-9(7-11-3-2-6-20-11)17-14(19)18-10-4-5-12(15)13(16)8-10/h2-6,8-9H,7H2,1H3,(H2,17,18,19)/t9-/m0/s1. The first kappa shape index (κ1) is 15.2. The molecule has 2 aromatic rings. The summed E-state index contributed by atoms with van der Waals surface area (Å²) in [6, 6.07) is 8.82. The molecule has 0 radical (unpaired) electrons. The monoisotopic (exact) mass is 328 g/mol. The van der Waals surface area contributed by atoms with Gasteiger partial charge in [-0.25, -0.2) is 4.79 Å². The molecule has 1 aromatic heterocycles. The summed E-state index contributed by atoms with van der Waals surface area (Å²) in [5.74, 6) is 0. The van der Waals surface area contributed by atoms with Crippen LogP contribution < -0.4 is 10.6 Å². The molecule has 0 bridgehead atoms. The van der Waals surface area contributed by atoms with Crippen LogP contribution in [0, 0.1) is 0 Å². The lowest BCUT2D eigenvalue weighted by Crippen LogP contribution is -2.37. The molecule has 2 amide bonds. The van der Waals surface area contributed by atoms with Gasteiger partial charge in [-0.2, -0.15) is 0 Å². The molecule has 6 heteroatoms. The second kappa shape index (κ2) is 6.97. The van der Waals surface area contributed by atoms with Crippen molar-refractivity contribution in [3.8, 4) is 0 Å². The fourth-order valence-electron chi connectivity index (χ4n) is 1.75. The fraction of sp³-hybridized carbons (Fsp3) is 0.214. The Kier molecular flexibility index (Phi) is 5.29. The second-order valence-electron chi connectivity index (χ2n) is 4.41. The van der Waals surface area contributed by atoms with Crippen molar-refractivity contribution >= 4 is 46.3 Å². The molecule has 0 spiro atoms. The summed E-state index contributed by atoms with van der Waals surface area (Å²) in [7, 11) is 0. The van der Waals surface area contributed by atoms with Crippen molar-refractivity contribution in [2.24, 2.45) is 0 Å². The molecule has 106 valence electrons. The molecular weight excluding hydrogens is 315 g/mol. The van der Waals surface area contributed by atoms with Crippen LogP contribution in [0.3, 0.4) is 0 Å². The number of urea groups is 1. The van der Waals surface area contributed by atoms with Gasteiger partial charge in [0.25, 0.3) is 0 Å². The van der Waals surface area contributed by atoms with Gasteiger partial charge in [-0.1, -0.05) is 29.3 Å². The summed E-state index contributed by atoms with van der Waals surface area (Å²) in [4.78, 5) is 13.1. The van der Waals surface area contributed by atoms with E-state index < -0.39 is 0 Å². The van der Waals surface area contributed by atoms with Gasteiger partial charge in [0.1, 0.15) is 0 Å². The molecule has 2 N–H and O–H groups in total. The van der Waals surface area contributed by atoms with Gasteiger partial charge >= 0.3 is 6.03 Å². The van der Waals surface area contributed by atoms with Gasteiger partial charge in [-0.05, 0) is 36.6 Å². The highest BCUT2D eigenvalue weighted by atomic mass is 35.5. The van der Waals surface area contributed by atoms with E-state index in [1.165, 1.54) is 4.88 Å². The Morgan fingerprint density at radius 2 is 2.10 bits per heavy atom. The minimum Gasteiger partial charge on any atom is -0.335 e. The predicted molar refractivity (Wildman–Crippen MR) is 86.1 cm³/mol. The SMILES string of the molecule is C[C@@H](Cc1cccs1)NC(=O)Nc1ccc(Cl)c(Cl)c1. The molecule has 0 aliphatic carbocycles. The molecule has 0 saturated carbocycles. The van der Waals surface area contributed by atoms with E-state index in [0.29, 0.717) is 15.7 Å². The smallest absolute Gasteiger partial charge is 0.319 e.